The van der Waals surface area contributed by atoms with E-state index < -0.39 is 11.6 Å². The largest absolute Gasteiger partial charge is 0.349 e. The molecule has 2 aliphatic rings. The normalized spacial score (nSPS) is 25.7. The van der Waals surface area contributed by atoms with Crippen molar-refractivity contribution in [3.63, 3.8) is 0 Å². The van der Waals surface area contributed by atoms with Gasteiger partial charge in [0.15, 0.2) is 11.6 Å². The molecule has 1 amide bonds. The maximum atomic E-state index is 13.6. The Kier molecular flexibility index (Phi) is 5.15. The lowest BCUT2D eigenvalue weighted by atomic mass is 9.81. The van der Waals surface area contributed by atoms with Crippen molar-refractivity contribution in [3.05, 3.63) is 65.0 Å². The molecule has 2 atom stereocenters. The number of rotatable bonds is 3. The number of nitrogens with zero attached hydrogens (tertiary/aromatic N) is 2. The van der Waals surface area contributed by atoms with Crippen molar-refractivity contribution in [3.8, 4) is 0 Å². The minimum absolute atomic E-state index is 0.0692. The van der Waals surface area contributed by atoms with Gasteiger partial charge in [0.05, 0.1) is 5.54 Å². The summed E-state index contributed by atoms with van der Waals surface area (Å²) in [6.45, 7) is 3.88. The lowest BCUT2D eigenvalue weighted by molar-refractivity contribution is -0.122. The third kappa shape index (κ3) is 3.78. The van der Waals surface area contributed by atoms with Gasteiger partial charge in [-0.25, -0.2) is 8.78 Å². The van der Waals surface area contributed by atoms with Gasteiger partial charge < -0.3 is 5.32 Å². The molecule has 0 aliphatic carbocycles. The Labute approximate surface area is 164 Å². The van der Waals surface area contributed by atoms with Gasteiger partial charge in [0.1, 0.15) is 0 Å². The number of hydrogen-bond donors (Lipinski definition) is 1. The summed E-state index contributed by atoms with van der Waals surface area (Å²) < 4.78 is 26.9. The predicted octanol–water partition coefficient (Wildman–Crippen LogP) is 3.70. The first-order valence-corrected chi connectivity index (χ1v) is 9.86. The fourth-order valence-corrected chi connectivity index (χ4v) is 4.67. The first-order valence-electron chi connectivity index (χ1n) is 9.86. The molecule has 148 valence electrons. The van der Waals surface area contributed by atoms with E-state index in [1.165, 1.54) is 12.1 Å². The highest BCUT2D eigenvalue weighted by Crippen LogP contribution is 2.40. The maximum absolute atomic E-state index is 13.6. The van der Waals surface area contributed by atoms with Crippen molar-refractivity contribution in [2.45, 2.75) is 50.6 Å². The van der Waals surface area contributed by atoms with E-state index in [0.29, 0.717) is 19.5 Å². The van der Waals surface area contributed by atoms with Crippen LogP contribution in [0, 0.1) is 18.6 Å². The van der Waals surface area contributed by atoms with E-state index in [0.717, 1.165) is 42.8 Å². The number of benzene rings is 1. The van der Waals surface area contributed by atoms with Gasteiger partial charge in [-0.1, -0.05) is 18.6 Å². The lowest BCUT2D eigenvalue weighted by Crippen LogP contribution is -2.52. The number of carbonyl (C=O) groups is 1. The molecule has 0 radical (unpaired) electrons. The topological polar surface area (TPSA) is 45.2 Å². The molecule has 1 N–H and O–H groups in total. The molecule has 28 heavy (non-hydrogen) atoms. The Balaban J connectivity index is 1.64. The van der Waals surface area contributed by atoms with Crippen LogP contribution >= 0.6 is 0 Å². The molecule has 2 aliphatic heterocycles. The highest BCUT2D eigenvalue weighted by atomic mass is 19.2. The van der Waals surface area contributed by atoms with E-state index >= 15 is 0 Å². The van der Waals surface area contributed by atoms with Gasteiger partial charge in [-0.2, -0.15) is 0 Å². The zero-order valence-electron chi connectivity index (χ0n) is 16.0. The SMILES string of the molecule is Cc1cccc([C@@H]2CN(Cc3ccc(F)c(F)c3)C[C@]23CCCCC(=O)N3)n1. The number of carbonyl (C=O) groups excluding carboxylic acids is 1. The highest BCUT2D eigenvalue weighted by Gasteiger charge is 2.49. The zero-order valence-corrected chi connectivity index (χ0v) is 16.0. The Hall–Kier alpha value is -2.34. The van der Waals surface area contributed by atoms with Crippen LogP contribution in [0.15, 0.2) is 36.4 Å². The molecule has 2 saturated heterocycles. The summed E-state index contributed by atoms with van der Waals surface area (Å²) in [5.74, 6) is -1.50. The number of pyridine rings is 1. The summed E-state index contributed by atoms with van der Waals surface area (Å²) in [6.07, 6.45) is 3.33. The number of amides is 1. The third-order valence-corrected chi connectivity index (χ3v) is 5.94. The average Bonchev–Trinajstić information content (AvgIpc) is 2.88. The predicted molar refractivity (Wildman–Crippen MR) is 103 cm³/mol. The van der Waals surface area contributed by atoms with E-state index in [2.05, 4.69) is 10.2 Å². The van der Waals surface area contributed by atoms with Gasteiger partial charge in [0.25, 0.3) is 0 Å². The first-order chi connectivity index (χ1) is 13.4. The van der Waals surface area contributed by atoms with Crippen molar-refractivity contribution in [2.24, 2.45) is 0 Å². The molecule has 2 fully saturated rings. The number of aryl methyl sites for hydroxylation is 1. The van der Waals surface area contributed by atoms with Crippen LogP contribution < -0.4 is 5.32 Å². The van der Waals surface area contributed by atoms with E-state index in [4.69, 9.17) is 4.98 Å². The molecule has 1 spiro atoms. The molecule has 1 aromatic heterocycles. The van der Waals surface area contributed by atoms with Gasteiger partial charge in [-0.15, -0.1) is 0 Å². The summed E-state index contributed by atoms with van der Waals surface area (Å²) in [7, 11) is 0. The van der Waals surface area contributed by atoms with Crippen LogP contribution in [-0.4, -0.2) is 34.4 Å². The smallest absolute Gasteiger partial charge is 0.220 e. The van der Waals surface area contributed by atoms with Gasteiger partial charge in [-0.05, 0) is 49.6 Å². The minimum atomic E-state index is -0.834. The van der Waals surface area contributed by atoms with Gasteiger partial charge in [0.2, 0.25) is 5.91 Å². The van der Waals surface area contributed by atoms with Crippen molar-refractivity contribution >= 4 is 5.91 Å². The minimum Gasteiger partial charge on any atom is -0.349 e. The third-order valence-electron chi connectivity index (χ3n) is 5.94. The quantitative estimate of drug-likeness (QED) is 0.876. The van der Waals surface area contributed by atoms with Crippen LogP contribution in [0.5, 0.6) is 0 Å². The number of halogens is 2. The Bertz CT molecular complexity index is 888. The first kappa shape index (κ1) is 19.0. The van der Waals surface area contributed by atoms with Crippen LogP contribution in [-0.2, 0) is 11.3 Å². The molecular formula is C22H25F2N3O. The standard InChI is InChI=1S/C22H25F2N3O/c1-15-5-4-6-20(25-15)17-13-27(12-16-8-9-18(23)19(24)11-16)14-22(17)10-3-2-7-21(28)26-22/h4-6,8-9,11,17H,2-3,7,10,12-14H2,1H3,(H,26,28)/t17-,22+/m0/s1. The summed E-state index contributed by atoms with van der Waals surface area (Å²) >= 11 is 0. The molecule has 4 rings (SSSR count). The lowest BCUT2D eigenvalue weighted by Gasteiger charge is -2.34. The summed E-state index contributed by atoms with van der Waals surface area (Å²) in [5.41, 5.74) is 2.29. The number of likely N-dealkylation sites (tertiary alicyclic amines) is 1. The number of hydrogen-bond acceptors (Lipinski definition) is 3. The van der Waals surface area contributed by atoms with E-state index in [-0.39, 0.29) is 17.4 Å². The zero-order chi connectivity index (χ0) is 19.7. The van der Waals surface area contributed by atoms with Gasteiger partial charge in [-0.3, -0.25) is 14.7 Å². The van der Waals surface area contributed by atoms with Crippen LogP contribution in [0.1, 0.15) is 48.6 Å². The molecule has 0 saturated carbocycles. The molecule has 3 heterocycles. The highest BCUT2D eigenvalue weighted by molar-refractivity contribution is 5.77. The van der Waals surface area contributed by atoms with Crippen molar-refractivity contribution < 1.29 is 13.6 Å². The average molecular weight is 385 g/mol. The second-order valence-electron chi connectivity index (χ2n) is 8.09. The van der Waals surface area contributed by atoms with Crippen LogP contribution in [0.25, 0.3) is 0 Å². The second-order valence-corrected chi connectivity index (χ2v) is 8.09. The molecular weight excluding hydrogens is 360 g/mol. The summed E-state index contributed by atoms with van der Waals surface area (Å²) in [5, 5.41) is 3.30. The maximum Gasteiger partial charge on any atom is 0.220 e. The monoisotopic (exact) mass is 385 g/mol. The van der Waals surface area contributed by atoms with Crippen molar-refractivity contribution in [1.82, 2.24) is 15.2 Å². The summed E-state index contributed by atoms with van der Waals surface area (Å²) in [6, 6.07) is 10.0. The molecule has 4 nitrogen and oxygen atoms in total. The van der Waals surface area contributed by atoms with Crippen LogP contribution in [0.4, 0.5) is 8.78 Å². The van der Waals surface area contributed by atoms with Crippen molar-refractivity contribution in [2.75, 3.05) is 13.1 Å². The number of aromatic nitrogens is 1. The fourth-order valence-electron chi connectivity index (χ4n) is 4.67. The van der Waals surface area contributed by atoms with Gasteiger partial charge in [0, 0.05) is 43.4 Å². The van der Waals surface area contributed by atoms with E-state index in [9.17, 15) is 13.6 Å². The Morgan fingerprint density at radius 1 is 1.21 bits per heavy atom. The second kappa shape index (κ2) is 7.59. The Morgan fingerprint density at radius 2 is 2.07 bits per heavy atom. The molecule has 1 aromatic carbocycles. The molecule has 2 aromatic rings. The van der Waals surface area contributed by atoms with E-state index in [1.54, 1.807) is 6.07 Å². The van der Waals surface area contributed by atoms with Crippen molar-refractivity contribution in [1.29, 1.82) is 0 Å². The number of nitrogens with one attached hydrogen (secondary N) is 1. The fraction of sp³-hybridized carbons (Fsp3) is 0.455. The summed E-state index contributed by atoms with van der Waals surface area (Å²) in [4.78, 5) is 19.3. The van der Waals surface area contributed by atoms with Crippen LogP contribution in [0.2, 0.25) is 0 Å². The molecule has 0 unspecified atom stereocenters. The van der Waals surface area contributed by atoms with E-state index in [1.807, 2.05) is 25.1 Å². The molecule has 0 bridgehead atoms. The Morgan fingerprint density at radius 3 is 2.86 bits per heavy atom. The molecule has 6 heteroatoms. The van der Waals surface area contributed by atoms with Gasteiger partial charge >= 0.3 is 0 Å². The van der Waals surface area contributed by atoms with Crippen LogP contribution in [0.3, 0.4) is 0 Å².